The summed E-state index contributed by atoms with van der Waals surface area (Å²) in [7, 11) is 0. The molecule has 0 radical (unpaired) electrons. The van der Waals surface area contributed by atoms with Gasteiger partial charge in [-0.3, -0.25) is 0 Å². The van der Waals surface area contributed by atoms with Crippen molar-refractivity contribution in [3.05, 3.63) is 54.1 Å². The summed E-state index contributed by atoms with van der Waals surface area (Å²) in [6, 6.07) is 13.6. The average Bonchev–Trinajstić information content (AvgIpc) is 2.50. The van der Waals surface area contributed by atoms with Crippen molar-refractivity contribution in [2.24, 2.45) is 0 Å². The second kappa shape index (κ2) is 7.33. The molecule has 0 aliphatic rings. The van der Waals surface area contributed by atoms with E-state index >= 15 is 0 Å². The molecule has 2 aromatic rings. The van der Waals surface area contributed by atoms with Crippen LogP contribution in [0.15, 0.2) is 48.5 Å². The molecule has 21 heavy (non-hydrogen) atoms. The van der Waals surface area contributed by atoms with Crippen LogP contribution in [0.3, 0.4) is 0 Å². The number of nitrogen functional groups attached to an aromatic ring is 1. The van der Waals surface area contributed by atoms with Crippen LogP contribution in [0.5, 0.6) is 11.5 Å². The second-order valence-electron chi connectivity index (χ2n) is 4.68. The molecule has 0 spiro atoms. The van der Waals surface area contributed by atoms with Crippen LogP contribution in [-0.2, 0) is 0 Å². The maximum absolute atomic E-state index is 12.0. The van der Waals surface area contributed by atoms with Gasteiger partial charge in [0.15, 0.2) is 0 Å². The van der Waals surface area contributed by atoms with Gasteiger partial charge in [0.25, 0.3) is 0 Å². The fraction of sp³-hybridized carbons (Fsp3) is 0.235. The highest BCUT2D eigenvalue weighted by atomic mass is 16.5. The Morgan fingerprint density at radius 1 is 1.00 bits per heavy atom. The molecule has 2 N–H and O–H groups in total. The van der Waals surface area contributed by atoms with Gasteiger partial charge in [0, 0.05) is 5.69 Å². The quantitative estimate of drug-likeness (QED) is 0.381. The van der Waals surface area contributed by atoms with Gasteiger partial charge >= 0.3 is 5.97 Å². The van der Waals surface area contributed by atoms with Crippen molar-refractivity contribution in [1.82, 2.24) is 0 Å². The molecule has 2 rings (SSSR count). The summed E-state index contributed by atoms with van der Waals surface area (Å²) < 4.78 is 10.8. The number of anilines is 1. The minimum absolute atomic E-state index is 0.403. The predicted molar refractivity (Wildman–Crippen MR) is 82.7 cm³/mol. The van der Waals surface area contributed by atoms with E-state index in [1.54, 1.807) is 48.5 Å². The van der Waals surface area contributed by atoms with Crippen molar-refractivity contribution in [2.75, 3.05) is 12.3 Å². The van der Waals surface area contributed by atoms with E-state index < -0.39 is 5.97 Å². The minimum Gasteiger partial charge on any atom is -0.494 e. The molecule has 0 heterocycles. The van der Waals surface area contributed by atoms with Crippen molar-refractivity contribution in [1.29, 1.82) is 0 Å². The number of esters is 1. The number of nitrogens with two attached hydrogens (primary N) is 1. The third-order valence-electron chi connectivity index (χ3n) is 2.95. The van der Waals surface area contributed by atoms with Crippen LogP contribution in [0.1, 0.15) is 30.1 Å². The van der Waals surface area contributed by atoms with E-state index in [0.29, 0.717) is 23.6 Å². The molecule has 0 saturated heterocycles. The first-order chi connectivity index (χ1) is 10.2. The highest BCUT2D eigenvalue weighted by molar-refractivity contribution is 5.91. The van der Waals surface area contributed by atoms with Crippen LogP contribution in [0.25, 0.3) is 0 Å². The maximum atomic E-state index is 12.0. The Hall–Kier alpha value is -2.49. The Morgan fingerprint density at radius 2 is 1.62 bits per heavy atom. The van der Waals surface area contributed by atoms with E-state index in [2.05, 4.69) is 6.92 Å². The lowest BCUT2D eigenvalue weighted by Gasteiger charge is -2.07. The highest BCUT2D eigenvalue weighted by Gasteiger charge is 2.08. The zero-order valence-electron chi connectivity index (χ0n) is 12.0. The summed E-state index contributed by atoms with van der Waals surface area (Å²) in [5.74, 6) is 0.824. The van der Waals surface area contributed by atoms with Crippen molar-refractivity contribution in [2.45, 2.75) is 19.8 Å². The van der Waals surface area contributed by atoms with Gasteiger partial charge in [-0.1, -0.05) is 13.3 Å². The molecule has 0 aliphatic heterocycles. The predicted octanol–water partition coefficient (Wildman–Crippen LogP) is 3.67. The number of ether oxygens (including phenoxy) is 2. The van der Waals surface area contributed by atoms with E-state index in [1.165, 1.54) is 0 Å². The van der Waals surface area contributed by atoms with Crippen molar-refractivity contribution in [3.8, 4) is 11.5 Å². The fourth-order valence-corrected chi connectivity index (χ4v) is 1.72. The molecule has 0 bridgehead atoms. The van der Waals surface area contributed by atoms with Crippen LogP contribution < -0.4 is 15.2 Å². The van der Waals surface area contributed by atoms with Gasteiger partial charge in [-0.25, -0.2) is 4.79 Å². The molecule has 0 aliphatic carbocycles. The lowest BCUT2D eigenvalue weighted by molar-refractivity contribution is 0.0735. The van der Waals surface area contributed by atoms with Gasteiger partial charge in [0.1, 0.15) is 11.5 Å². The molecule has 0 atom stereocenters. The summed E-state index contributed by atoms with van der Waals surface area (Å²) >= 11 is 0. The van der Waals surface area contributed by atoms with Gasteiger partial charge in [-0.15, -0.1) is 0 Å². The Balaban J connectivity index is 1.94. The van der Waals surface area contributed by atoms with Crippen LogP contribution in [0.4, 0.5) is 5.69 Å². The monoisotopic (exact) mass is 285 g/mol. The first-order valence-electron chi connectivity index (χ1n) is 6.99. The average molecular weight is 285 g/mol. The van der Waals surface area contributed by atoms with Gasteiger partial charge in [-0.2, -0.15) is 0 Å². The number of hydrogen-bond donors (Lipinski definition) is 1. The lowest BCUT2D eigenvalue weighted by Crippen LogP contribution is -2.08. The zero-order valence-corrected chi connectivity index (χ0v) is 12.0. The van der Waals surface area contributed by atoms with Gasteiger partial charge < -0.3 is 15.2 Å². The molecule has 0 aromatic heterocycles. The SMILES string of the molecule is CCCCOc1ccc(C(=O)Oc2ccc(N)cc2)cc1. The fourth-order valence-electron chi connectivity index (χ4n) is 1.72. The first kappa shape index (κ1) is 14.9. The van der Waals surface area contributed by atoms with Crippen LogP contribution >= 0.6 is 0 Å². The van der Waals surface area contributed by atoms with Crippen LogP contribution in [0, 0.1) is 0 Å². The largest absolute Gasteiger partial charge is 0.494 e. The zero-order chi connectivity index (χ0) is 15.1. The van der Waals surface area contributed by atoms with E-state index in [9.17, 15) is 4.79 Å². The molecule has 0 saturated carbocycles. The summed E-state index contributed by atoms with van der Waals surface area (Å²) in [4.78, 5) is 12.0. The first-order valence-corrected chi connectivity index (χ1v) is 6.99. The van der Waals surface area contributed by atoms with E-state index in [-0.39, 0.29) is 0 Å². The number of hydrogen-bond acceptors (Lipinski definition) is 4. The smallest absolute Gasteiger partial charge is 0.343 e. The number of unbranched alkanes of at least 4 members (excludes halogenated alkanes) is 1. The standard InChI is InChI=1S/C17H19NO3/c1-2-3-12-20-15-8-4-13(5-9-15)17(19)21-16-10-6-14(18)7-11-16/h4-11H,2-3,12,18H2,1H3. The lowest BCUT2D eigenvalue weighted by atomic mass is 10.2. The third-order valence-corrected chi connectivity index (χ3v) is 2.95. The Labute approximate surface area is 124 Å². The molecule has 0 amide bonds. The Kier molecular flexibility index (Phi) is 5.21. The summed E-state index contributed by atoms with van der Waals surface area (Å²) in [5, 5.41) is 0. The maximum Gasteiger partial charge on any atom is 0.343 e. The number of carbonyl (C=O) groups excluding carboxylic acids is 1. The molecule has 110 valence electrons. The van der Waals surface area contributed by atoms with Gasteiger partial charge in [0.2, 0.25) is 0 Å². The molecule has 4 nitrogen and oxygen atoms in total. The summed E-state index contributed by atoms with van der Waals surface area (Å²) in [6.07, 6.45) is 2.10. The van der Waals surface area contributed by atoms with Crippen molar-refractivity contribution >= 4 is 11.7 Å². The molecular formula is C17H19NO3. The number of carbonyl (C=O) groups is 1. The number of rotatable bonds is 6. The van der Waals surface area contributed by atoms with Gasteiger partial charge in [-0.05, 0) is 55.0 Å². The molecule has 4 heteroatoms. The normalized spacial score (nSPS) is 10.1. The Morgan fingerprint density at radius 3 is 2.24 bits per heavy atom. The van der Waals surface area contributed by atoms with Crippen molar-refractivity contribution < 1.29 is 14.3 Å². The van der Waals surface area contributed by atoms with Crippen LogP contribution in [0.2, 0.25) is 0 Å². The summed E-state index contributed by atoms with van der Waals surface area (Å²) in [6.45, 7) is 2.80. The van der Waals surface area contributed by atoms with E-state index in [0.717, 1.165) is 18.6 Å². The molecular weight excluding hydrogens is 266 g/mol. The minimum atomic E-state index is -0.403. The van der Waals surface area contributed by atoms with Crippen molar-refractivity contribution in [3.63, 3.8) is 0 Å². The van der Waals surface area contributed by atoms with E-state index in [1.807, 2.05) is 0 Å². The van der Waals surface area contributed by atoms with Gasteiger partial charge in [0.05, 0.1) is 12.2 Å². The molecule has 0 unspecified atom stereocenters. The second-order valence-corrected chi connectivity index (χ2v) is 4.68. The number of benzene rings is 2. The topological polar surface area (TPSA) is 61.5 Å². The molecule has 2 aromatic carbocycles. The Bertz CT molecular complexity index is 576. The van der Waals surface area contributed by atoms with E-state index in [4.69, 9.17) is 15.2 Å². The third kappa shape index (κ3) is 4.53. The summed E-state index contributed by atoms with van der Waals surface area (Å²) in [5.41, 5.74) is 6.69. The van der Waals surface area contributed by atoms with Crippen LogP contribution in [-0.4, -0.2) is 12.6 Å². The highest BCUT2D eigenvalue weighted by Crippen LogP contribution is 2.17. The molecule has 0 fully saturated rings.